The molecule has 0 aromatic carbocycles. The van der Waals surface area contributed by atoms with E-state index in [1.807, 2.05) is 0 Å². The Morgan fingerprint density at radius 1 is 1.37 bits per heavy atom. The lowest BCUT2D eigenvalue weighted by Crippen LogP contribution is -2.22. The van der Waals surface area contributed by atoms with Gasteiger partial charge in [-0.05, 0) is 51.3 Å². The van der Waals surface area contributed by atoms with Gasteiger partial charge in [0.15, 0.2) is 0 Å². The predicted octanol–water partition coefficient (Wildman–Crippen LogP) is 2.70. The van der Waals surface area contributed by atoms with Crippen LogP contribution in [0, 0.1) is 32.1 Å². The Morgan fingerprint density at radius 2 is 2.11 bits per heavy atom. The number of unbranched alkanes of at least 4 members (excludes halogenated alkanes) is 1. The van der Waals surface area contributed by atoms with Crippen LogP contribution in [0.25, 0.3) is 0 Å². The molecule has 106 valence electrons. The number of aryl methyl sites for hydroxylation is 2. The molecular weight excluding hydrogens is 234 g/mol. The van der Waals surface area contributed by atoms with Crippen LogP contribution in [0.1, 0.15) is 43.6 Å². The second kappa shape index (κ2) is 8.01. The molecule has 3 nitrogen and oxygen atoms in total. The van der Waals surface area contributed by atoms with Gasteiger partial charge in [0.1, 0.15) is 0 Å². The molecule has 0 unspecified atom stereocenters. The number of hydrogen-bond donors (Lipinski definition) is 1. The zero-order chi connectivity index (χ0) is 14.3. The zero-order valence-corrected chi connectivity index (χ0v) is 12.8. The van der Waals surface area contributed by atoms with Crippen LogP contribution in [-0.2, 0) is 13.0 Å². The molecule has 0 atom stereocenters. The summed E-state index contributed by atoms with van der Waals surface area (Å²) in [5, 5.41) is 8.10. The first-order valence-corrected chi connectivity index (χ1v) is 7.23. The average Bonchev–Trinajstić information content (AvgIpc) is 2.61. The third-order valence-electron chi connectivity index (χ3n) is 3.33. The molecule has 1 rings (SSSR count). The van der Waals surface area contributed by atoms with Gasteiger partial charge >= 0.3 is 0 Å². The Balaban J connectivity index is 2.51. The van der Waals surface area contributed by atoms with Gasteiger partial charge in [-0.3, -0.25) is 4.68 Å². The molecule has 1 N–H and O–H groups in total. The summed E-state index contributed by atoms with van der Waals surface area (Å²) in [6, 6.07) is 0. The Bertz CT molecular complexity index is 424. The highest BCUT2D eigenvalue weighted by molar-refractivity contribution is 5.24. The van der Waals surface area contributed by atoms with Gasteiger partial charge in [-0.2, -0.15) is 5.10 Å². The molecule has 0 bridgehead atoms. The summed E-state index contributed by atoms with van der Waals surface area (Å²) in [6.07, 6.45) is 8.16. The van der Waals surface area contributed by atoms with E-state index in [1.165, 1.54) is 11.3 Å². The van der Waals surface area contributed by atoms with Crippen LogP contribution in [0.2, 0.25) is 0 Å². The molecule has 0 fully saturated rings. The standard InChI is InChI=1S/C16H27N3/c1-6-7-8-11-19-15(5)16(14(4)18-19)9-10-17-12-13(2)3/h1,13,17H,7-12H2,2-5H3. The summed E-state index contributed by atoms with van der Waals surface area (Å²) >= 11 is 0. The topological polar surface area (TPSA) is 29.9 Å². The van der Waals surface area contributed by atoms with Gasteiger partial charge in [0, 0.05) is 18.7 Å². The van der Waals surface area contributed by atoms with Crippen LogP contribution in [0.15, 0.2) is 0 Å². The summed E-state index contributed by atoms with van der Waals surface area (Å²) < 4.78 is 2.10. The smallest absolute Gasteiger partial charge is 0.0628 e. The number of rotatable bonds is 8. The molecule has 19 heavy (non-hydrogen) atoms. The second-order valence-corrected chi connectivity index (χ2v) is 5.53. The number of aromatic nitrogens is 2. The van der Waals surface area contributed by atoms with Crippen LogP contribution in [0.5, 0.6) is 0 Å². The van der Waals surface area contributed by atoms with E-state index in [9.17, 15) is 0 Å². The molecule has 0 spiro atoms. The maximum Gasteiger partial charge on any atom is 0.0628 e. The lowest BCUT2D eigenvalue weighted by atomic mass is 10.1. The lowest BCUT2D eigenvalue weighted by Gasteiger charge is -2.08. The Hall–Kier alpha value is -1.27. The van der Waals surface area contributed by atoms with Crippen molar-refractivity contribution in [3.8, 4) is 12.3 Å². The van der Waals surface area contributed by atoms with E-state index in [2.05, 4.69) is 48.7 Å². The largest absolute Gasteiger partial charge is 0.316 e. The number of terminal acetylenes is 1. The monoisotopic (exact) mass is 261 g/mol. The van der Waals surface area contributed by atoms with Crippen LogP contribution >= 0.6 is 0 Å². The van der Waals surface area contributed by atoms with E-state index in [0.29, 0.717) is 5.92 Å². The minimum Gasteiger partial charge on any atom is -0.316 e. The van der Waals surface area contributed by atoms with Crippen molar-refractivity contribution >= 4 is 0 Å². The summed E-state index contributed by atoms with van der Waals surface area (Å²) in [5.74, 6) is 3.38. The van der Waals surface area contributed by atoms with E-state index in [-0.39, 0.29) is 0 Å². The number of hydrogen-bond acceptors (Lipinski definition) is 2. The fraction of sp³-hybridized carbons (Fsp3) is 0.688. The number of nitrogens with one attached hydrogen (secondary N) is 1. The quantitative estimate of drug-likeness (QED) is 0.576. The first-order chi connectivity index (χ1) is 9.06. The van der Waals surface area contributed by atoms with Crippen molar-refractivity contribution in [2.24, 2.45) is 5.92 Å². The van der Waals surface area contributed by atoms with Crippen molar-refractivity contribution in [1.82, 2.24) is 15.1 Å². The van der Waals surface area contributed by atoms with Crippen molar-refractivity contribution < 1.29 is 0 Å². The van der Waals surface area contributed by atoms with Crippen molar-refractivity contribution in [3.63, 3.8) is 0 Å². The highest BCUT2D eigenvalue weighted by atomic mass is 15.3. The molecule has 0 saturated carbocycles. The molecule has 0 aliphatic carbocycles. The van der Waals surface area contributed by atoms with E-state index in [0.717, 1.165) is 44.6 Å². The maximum absolute atomic E-state index is 5.28. The highest BCUT2D eigenvalue weighted by Crippen LogP contribution is 2.14. The summed E-state index contributed by atoms with van der Waals surface area (Å²) in [5.41, 5.74) is 3.84. The third-order valence-corrected chi connectivity index (χ3v) is 3.33. The molecule has 1 aromatic rings. The molecule has 1 aromatic heterocycles. The first-order valence-electron chi connectivity index (χ1n) is 7.23. The molecular formula is C16H27N3. The molecule has 0 radical (unpaired) electrons. The number of nitrogens with zero attached hydrogens (tertiary/aromatic N) is 2. The predicted molar refractivity (Wildman–Crippen MR) is 81.2 cm³/mol. The van der Waals surface area contributed by atoms with Gasteiger partial charge in [-0.1, -0.05) is 13.8 Å². The Morgan fingerprint density at radius 3 is 2.74 bits per heavy atom. The van der Waals surface area contributed by atoms with Crippen molar-refractivity contribution in [3.05, 3.63) is 17.0 Å². The minimum atomic E-state index is 0.702. The van der Waals surface area contributed by atoms with Gasteiger partial charge in [0.2, 0.25) is 0 Å². The van der Waals surface area contributed by atoms with E-state index < -0.39 is 0 Å². The fourth-order valence-electron chi connectivity index (χ4n) is 2.25. The van der Waals surface area contributed by atoms with Crippen LogP contribution < -0.4 is 5.32 Å². The highest BCUT2D eigenvalue weighted by Gasteiger charge is 2.10. The molecule has 0 aliphatic rings. The minimum absolute atomic E-state index is 0.702. The van der Waals surface area contributed by atoms with Crippen LogP contribution in [0.4, 0.5) is 0 Å². The summed E-state index contributed by atoms with van der Waals surface area (Å²) in [7, 11) is 0. The third kappa shape index (κ3) is 5.08. The first kappa shape index (κ1) is 15.8. The van der Waals surface area contributed by atoms with E-state index in [1.54, 1.807) is 0 Å². The van der Waals surface area contributed by atoms with E-state index in [4.69, 9.17) is 6.42 Å². The van der Waals surface area contributed by atoms with Gasteiger partial charge in [0.05, 0.1) is 5.69 Å². The van der Waals surface area contributed by atoms with Crippen molar-refractivity contribution in [1.29, 1.82) is 0 Å². The van der Waals surface area contributed by atoms with Crippen LogP contribution in [0.3, 0.4) is 0 Å². The fourth-order valence-corrected chi connectivity index (χ4v) is 2.25. The van der Waals surface area contributed by atoms with Crippen molar-refractivity contribution in [2.75, 3.05) is 13.1 Å². The Kier molecular flexibility index (Phi) is 6.66. The van der Waals surface area contributed by atoms with Gasteiger partial charge in [0.25, 0.3) is 0 Å². The molecule has 3 heteroatoms. The van der Waals surface area contributed by atoms with E-state index >= 15 is 0 Å². The Labute approximate surface area is 117 Å². The lowest BCUT2D eigenvalue weighted by molar-refractivity contribution is 0.552. The summed E-state index contributed by atoms with van der Waals surface area (Å²) in [6.45, 7) is 11.7. The SMILES string of the molecule is C#CCCCn1nc(C)c(CCNCC(C)C)c1C. The van der Waals surface area contributed by atoms with Gasteiger partial charge < -0.3 is 5.32 Å². The maximum atomic E-state index is 5.28. The van der Waals surface area contributed by atoms with Gasteiger partial charge in [-0.25, -0.2) is 0 Å². The molecule has 1 heterocycles. The molecule has 0 aliphatic heterocycles. The van der Waals surface area contributed by atoms with Crippen molar-refractivity contribution in [2.45, 2.75) is 53.5 Å². The van der Waals surface area contributed by atoms with Gasteiger partial charge in [-0.15, -0.1) is 12.3 Å². The molecule has 0 saturated heterocycles. The average molecular weight is 261 g/mol. The van der Waals surface area contributed by atoms with Crippen LogP contribution in [-0.4, -0.2) is 22.9 Å². The second-order valence-electron chi connectivity index (χ2n) is 5.53. The normalized spacial score (nSPS) is 10.9. The summed E-state index contributed by atoms with van der Waals surface area (Å²) in [4.78, 5) is 0. The zero-order valence-electron chi connectivity index (χ0n) is 12.8. The molecule has 0 amide bonds.